The normalized spacial score (nSPS) is 10.9. The highest BCUT2D eigenvalue weighted by atomic mass is 16.5. The van der Waals surface area contributed by atoms with E-state index in [2.05, 4.69) is 30.5 Å². The van der Waals surface area contributed by atoms with Crippen molar-refractivity contribution < 1.29 is 9.53 Å². The number of aromatic nitrogens is 1. The Kier molecular flexibility index (Phi) is 4.84. The first-order valence-electron chi connectivity index (χ1n) is 7.38. The van der Waals surface area contributed by atoms with Crippen LogP contribution >= 0.6 is 0 Å². The summed E-state index contributed by atoms with van der Waals surface area (Å²) in [6, 6.07) is 10.1. The zero-order chi connectivity index (χ0) is 15.4. The molecule has 2 aromatic rings. The Bertz CT molecular complexity index is 609. The fourth-order valence-corrected chi connectivity index (χ4v) is 2.38. The maximum absolute atomic E-state index is 11.4. The Morgan fingerprint density at radius 1 is 1.19 bits per heavy atom. The average Bonchev–Trinajstić information content (AvgIpc) is 2.81. The first-order valence-corrected chi connectivity index (χ1v) is 7.38. The lowest BCUT2D eigenvalue weighted by atomic mass is 10.0. The van der Waals surface area contributed by atoms with Crippen molar-refractivity contribution in [3.8, 4) is 5.75 Å². The van der Waals surface area contributed by atoms with E-state index in [4.69, 9.17) is 4.74 Å². The summed E-state index contributed by atoms with van der Waals surface area (Å²) in [6.07, 6.45) is 1.94. The van der Waals surface area contributed by atoms with Gasteiger partial charge in [0.05, 0.1) is 6.54 Å². The minimum atomic E-state index is 0.108. The number of nitrogens with zero attached hydrogens (tertiary/aromatic N) is 1. The summed E-state index contributed by atoms with van der Waals surface area (Å²) in [5.74, 6) is 1.53. The van der Waals surface area contributed by atoms with Gasteiger partial charge < -0.3 is 9.30 Å². The van der Waals surface area contributed by atoms with Crippen molar-refractivity contribution in [3.05, 3.63) is 53.3 Å². The molecule has 0 N–H and O–H groups in total. The summed E-state index contributed by atoms with van der Waals surface area (Å²) in [5.41, 5.74) is 3.10. The minimum absolute atomic E-state index is 0.108. The largest absolute Gasteiger partial charge is 0.492 e. The number of carbonyl (C=O) groups is 1. The number of rotatable bonds is 6. The van der Waals surface area contributed by atoms with Crippen LogP contribution in [-0.2, 0) is 6.54 Å². The summed E-state index contributed by atoms with van der Waals surface area (Å²) < 4.78 is 7.82. The standard InChI is InChI=1S/C18H23NO2/c1-13(2)16-5-7-17(8-6-16)21-12-11-19-10-9-18(14(19)3)15(4)20/h5-10,13H,11-12H2,1-4H3. The Hall–Kier alpha value is -2.03. The number of hydrogen-bond acceptors (Lipinski definition) is 2. The summed E-state index contributed by atoms with van der Waals surface area (Å²) in [6.45, 7) is 9.25. The molecule has 1 heterocycles. The molecule has 0 unspecified atom stereocenters. The highest BCUT2D eigenvalue weighted by molar-refractivity contribution is 5.95. The second-order valence-corrected chi connectivity index (χ2v) is 5.64. The molecule has 0 amide bonds. The molecule has 2 rings (SSSR count). The first-order chi connectivity index (χ1) is 9.99. The SMILES string of the molecule is CC(=O)c1ccn(CCOc2ccc(C(C)C)cc2)c1C. The van der Waals surface area contributed by atoms with E-state index in [9.17, 15) is 4.79 Å². The fourth-order valence-electron chi connectivity index (χ4n) is 2.38. The van der Waals surface area contributed by atoms with Crippen LogP contribution in [0.1, 0.15) is 48.3 Å². The van der Waals surface area contributed by atoms with E-state index in [1.54, 1.807) is 6.92 Å². The van der Waals surface area contributed by atoms with Crippen LogP contribution in [0.4, 0.5) is 0 Å². The Balaban J connectivity index is 1.91. The Morgan fingerprint density at radius 3 is 2.38 bits per heavy atom. The topological polar surface area (TPSA) is 31.2 Å². The zero-order valence-corrected chi connectivity index (χ0v) is 13.2. The molecule has 0 saturated carbocycles. The van der Waals surface area contributed by atoms with Gasteiger partial charge in [0.1, 0.15) is 12.4 Å². The summed E-state index contributed by atoms with van der Waals surface area (Å²) in [5, 5.41) is 0. The molecule has 0 fully saturated rings. The lowest BCUT2D eigenvalue weighted by Crippen LogP contribution is -2.09. The van der Waals surface area contributed by atoms with Crippen molar-refractivity contribution in [2.45, 2.75) is 40.2 Å². The summed E-state index contributed by atoms with van der Waals surface area (Å²) >= 11 is 0. The van der Waals surface area contributed by atoms with Crippen molar-refractivity contribution >= 4 is 5.78 Å². The fraction of sp³-hybridized carbons (Fsp3) is 0.389. The predicted octanol–water partition coefficient (Wildman–Crippen LogP) is 4.20. The Morgan fingerprint density at radius 2 is 1.86 bits per heavy atom. The third-order valence-electron chi connectivity index (χ3n) is 3.77. The van der Waals surface area contributed by atoms with Gasteiger partial charge in [-0.3, -0.25) is 4.79 Å². The van der Waals surface area contributed by atoms with Gasteiger partial charge in [-0.05, 0) is 43.5 Å². The van der Waals surface area contributed by atoms with Crippen LogP contribution in [-0.4, -0.2) is 17.0 Å². The molecule has 112 valence electrons. The van der Waals surface area contributed by atoms with Gasteiger partial charge in [0.25, 0.3) is 0 Å². The van der Waals surface area contributed by atoms with E-state index < -0.39 is 0 Å². The van der Waals surface area contributed by atoms with Gasteiger partial charge in [0.15, 0.2) is 5.78 Å². The maximum atomic E-state index is 11.4. The molecule has 0 saturated heterocycles. The quantitative estimate of drug-likeness (QED) is 0.745. The van der Waals surface area contributed by atoms with Crippen LogP contribution < -0.4 is 4.74 Å². The summed E-state index contributed by atoms with van der Waals surface area (Å²) in [7, 11) is 0. The van der Waals surface area contributed by atoms with Gasteiger partial charge in [0, 0.05) is 17.5 Å². The molecule has 3 nitrogen and oxygen atoms in total. The van der Waals surface area contributed by atoms with Gasteiger partial charge in [-0.2, -0.15) is 0 Å². The molecule has 21 heavy (non-hydrogen) atoms. The molecule has 0 atom stereocenters. The van der Waals surface area contributed by atoms with Crippen LogP contribution in [0.25, 0.3) is 0 Å². The van der Waals surface area contributed by atoms with Crippen molar-refractivity contribution in [1.82, 2.24) is 4.57 Å². The molecule has 0 spiro atoms. The second-order valence-electron chi connectivity index (χ2n) is 5.64. The Labute approximate surface area is 126 Å². The van der Waals surface area contributed by atoms with Gasteiger partial charge in [-0.25, -0.2) is 0 Å². The van der Waals surface area contributed by atoms with Crippen LogP contribution in [0.3, 0.4) is 0 Å². The van der Waals surface area contributed by atoms with Gasteiger partial charge in [-0.1, -0.05) is 26.0 Å². The zero-order valence-electron chi connectivity index (χ0n) is 13.2. The first kappa shape index (κ1) is 15.4. The number of benzene rings is 1. The molecule has 0 bridgehead atoms. The molecule has 1 aromatic heterocycles. The van der Waals surface area contributed by atoms with E-state index in [0.717, 1.165) is 23.6 Å². The molecular formula is C18H23NO2. The van der Waals surface area contributed by atoms with E-state index >= 15 is 0 Å². The molecular weight excluding hydrogens is 262 g/mol. The minimum Gasteiger partial charge on any atom is -0.492 e. The second kappa shape index (κ2) is 6.61. The molecule has 0 aliphatic carbocycles. The maximum Gasteiger partial charge on any atom is 0.161 e. The van der Waals surface area contributed by atoms with E-state index in [-0.39, 0.29) is 5.78 Å². The van der Waals surface area contributed by atoms with Gasteiger partial charge >= 0.3 is 0 Å². The lowest BCUT2D eigenvalue weighted by molar-refractivity contribution is 0.101. The highest BCUT2D eigenvalue weighted by Gasteiger charge is 2.08. The lowest BCUT2D eigenvalue weighted by Gasteiger charge is -2.10. The van der Waals surface area contributed by atoms with E-state index in [1.807, 2.05) is 31.3 Å². The molecule has 0 radical (unpaired) electrons. The van der Waals surface area contributed by atoms with E-state index in [1.165, 1.54) is 5.56 Å². The third kappa shape index (κ3) is 3.75. The monoisotopic (exact) mass is 285 g/mol. The van der Waals surface area contributed by atoms with Crippen molar-refractivity contribution in [2.24, 2.45) is 0 Å². The van der Waals surface area contributed by atoms with Crippen molar-refractivity contribution in [1.29, 1.82) is 0 Å². The van der Waals surface area contributed by atoms with Crippen molar-refractivity contribution in [2.75, 3.05) is 6.61 Å². The summed E-state index contributed by atoms with van der Waals surface area (Å²) in [4.78, 5) is 11.4. The third-order valence-corrected chi connectivity index (χ3v) is 3.77. The van der Waals surface area contributed by atoms with Gasteiger partial charge in [0.2, 0.25) is 0 Å². The van der Waals surface area contributed by atoms with Crippen LogP contribution in [0.15, 0.2) is 36.5 Å². The molecule has 0 aliphatic heterocycles. The van der Waals surface area contributed by atoms with Crippen molar-refractivity contribution in [3.63, 3.8) is 0 Å². The van der Waals surface area contributed by atoms with E-state index in [0.29, 0.717) is 12.5 Å². The predicted molar refractivity (Wildman–Crippen MR) is 85.2 cm³/mol. The van der Waals surface area contributed by atoms with Crippen LogP contribution in [0.5, 0.6) is 5.75 Å². The number of carbonyl (C=O) groups excluding carboxylic acids is 1. The number of ether oxygens (including phenoxy) is 1. The molecule has 3 heteroatoms. The highest BCUT2D eigenvalue weighted by Crippen LogP contribution is 2.18. The molecule has 1 aromatic carbocycles. The average molecular weight is 285 g/mol. The van der Waals surface area contributed by atoms with Crippen LogP contribution in [0.2, 0.25) is 0 Å². The molecule has 0 aliphatic rings. The number of ketones is 1. The van der Waals surface area contributed by atoms with Gasteiger partial charge in [-0.15, -0.1) is 0 Å². The number of hydrogen-bond donors (Lipinski definition) is 0. The van der Waals surface area contributed by atoms with Crippen LogP contribution in [0, 0.1) is 6.92 Å². The number of Topliss-reactive ketones (excluding diaryl/α,β-unsaturated/α-hetero) is 1. The smallest absolute Gasteiger partial charge is 0.161 e.